The Balaban J connectivity index is 0.000000324. The van der Waals surface area contributed by atoms with Crippen LogP contribution in [0, 0.1) is 5.82 Å². The van der Waals surface area contributed by atoms with E-state index in [4.69, 9.17) is 28.0 Å². The van der Waals surface area contributed by atoms with Gasteiger partial charge in [0.25, 0.3) is 0 Å². The van der Waals surface area contributed by atoms with Crippen LogP contribution in [0.2, 0.25) is 10.0 Å². The number of rotatable bonds is 6. The molecule has 2 fully saturated rings. The third-order valence-electron chi connectivity index (χ3n) is 8.49. The Hall–Kier alpha value is -3.26. The zero-order valence-electron chi connectivity index (χ0n) is 23.3. The predicted molar refractivity (Wildman–Crippen MR) is 165 cm³/mol. The molecule has 0 radical (unpaired) electrons. The van der Waals surface area contributed by atoms with E-state index in [0.717, 1.165) is 43.2 Å². The normalized spacial score (nSPS) is 20.6. The van der Waals surface area contributed by atoms with Crippen LogP contribution in [0.25, 0.3) is 0 Å². The molecule has 41 heavy (non-hydrogen) atoms. The van der Waals surface area contributed by atoms with E-state index in [9.17, 15) is 9.59 Å². The molecule has 1 saturated heterocycles. The smallest absolute Gasteiger partial charge is 0.211 e. The fourth-order valence-corrected chi connectivity index (χ4v) is 6.76. The summed E-state index contributed by atoms with van der Waals surface area (Å²) < 4.78 is 15.1. The first-order chi connectivity index (χ1) is 19.8. The van der Waals surface area contributed by atoms with Crippen LogP contribution < -0.4 is 16.0 Å². The van der Waals surface area contributed by atoms with E-state index in [1.807, 2.05) is 44.2 Å². The molecule has 2 atom stereocenters. The number of aldehydes is 1. The topological polar surface area (TPSA) is 87.3 Å². The Morgan fingerprint density at radius 3 is 2.29 bits per heavy atom. The molecule has 9 heteroatoms. The molecular weight excluding hydrogens is 564 g/mol. The van der Waals surface area contributed by atoms with Gasteiger partial charge in [-0.1, -0.05) is 67.6 Å². The number of benzene rings is 3. The lowest BCUT2D eigenvalue weighted by Crippen LogP contribution is -2.55. The van der Waals surface area contributed by atoms with Gasteiger partial charge in [0.15, 0.2) is 0 Å². The Labute approximate surface area is 251 Å². The molecule has 0 bridgehead atoms. The lowest BCUT2D eigenvalue weighted by atomic mass is 9.56. The van der Waals surface area contributed by atoms with Gasteiger partial charge in [-0.25, -0.2) is 4.39 Å². The Bertz CT molecular complexity index is 1330. The highest BCUT2D eigenvalue weighted by atomic mass is 35.5. The fraction of sp³-hybridized carbons (Fsp3) is 0.344. The average Bonchev–Trinajstić information content (AvgIpc) is 3.27. The number of hydrogen-bond acceptors (Lipinski definition) is 5. The van der Waals surface area contributed by atoms with Crippen molar-refractivity contribution < 1.29 is 18.8 Å². The maximum atomic E-state index is 15.1. The van der Waals surface area contributed by atoms with E-state index < -0.39 is 5.41 Å². The molecule has 1 unspecified atom stereocenters. The van der Waals surface area contributed by atoms with Crippen molar-refractivity contribution in [1.29, 1.82) is 0 Å². The van der Waals surface area contributed by atoms with E-state index in [1.165, 1.54) is 6.42 Å². The molecule has 1 spiro atoms. The van der Waals surface area contributed by atoms with Gasteiger partial charge in [0, 0.05) is 52.4 Å². The molecule has 1 aliphatic carbocycles. The van der Waals surface area contributed by atoms with E-state index in [1.54, 1.807) is 30.3 Å². The van der Waals surface area contributed by atoms with Crippen molar-refractivity contribution in [2.75, 3.05) is 24.2 Å². The van der Waals surface area contributed by atoms with Gasteiger partial charge in [0.1, 0.15) is 18.9 Å². The van der Waals surface area contributed by atoms with Crippen molar-refractivity contribution in [2.45, 2.75) is 55.9 Å². The van der Waals surface area contributed by atoms with Gasteiger partial charge in [-0.3, -0.25) is 9.59 Å². The summed E-state index contributed by atoms with van der Waals surface area (Å²) in [5.41, 5.74) is 3.36. The summed E-state index contributed by atoms with van der Waals surface area (Å²) in [5, 5.41) is 10.3. The van der Waals surface area contributed by atoms with Crippen molar-refractivity contribution in [3.05, 3.63) is 93.2 Å². The van der Waals surface area contributed by atoms with E-state index >= 15 is 4.39 Å². The van der Waals surface area contributed by atoms with E-state index in [2.05, 4.69) is 22.9 Å². The molecule has 3 aromatic carbocycles. The summed E-state index contributed by atoms with van der Waals surface area (Å²) in [5.74, 6) is -0.494. The number of hydrogen-bond donors (Lipinski definition) is 3. The minimum atomic E-state index is -0.450. The average molecular weight is 601 g/mol. The molecule has 6 nitrogen and oxygen atoms in total. The minimum absolute atomic E-state index is 0.132. The number of amides is 1. The van der Waals surface area contributed by atoms with Crippen molar-refractivity contribution in [3.8, 4) is 0 Å². The largest absolute Gasteiger partial charge is 0.388 e. The molecule has 1 saturated carbocycles. The number of halogens is 3. The second-order valence-electron chi connectivity index (χ2n) is 10.4. The molecule has 1 heterocycles. The molecular formula is C32H36Cl2FN3O3. The summed E-state index contributed by atoms with van der Waals surface area (Å²) in [6.45, 7) is 4.85. The monoisotopic (exact) mass is 599 g/mol. The van der Waals surface area contributed by atoms with Gasteiger partial charge in [-0.2, -0.15) is 0 Å². The zero-order chi connectivity index (χ0) is 30.0. The summed E-state index contributed by atoms with van der Waals surface area (Å²) in [6, 6.07) is 18.1. The molecule has 5 rings (SSSR count). The minimum Gasteiger partial charge on any atom is -0.388 e. The molecule has 0 aromatic heterocycles. The summed E-state index contributed by atoms with van der Waals surface area (Å²) in [7, 11) is 1.84. The van der Waals surface area contributed by atoms with Crippen LogP contribution in [-0.4, -0.2) is 38.6 Å². The van der Waals surface area contributed by atoms with Gasteiger partial charge < -0.3 is 20.7 Å². The van der Waals surface area contributed by atoms with Crippen molar-refractivity contribution in [2.24, 2.45) is 0 Å². The summed E-state index contributed by atoms with van der Waals surface area (Å²) >= 11 is 12.4. The van der Waals surface area contributed by atoms with Crippen molar-refractivity contribution in [3.63, 3.8) is 0 Å². The van der Waals surface area contributed by atoms with Crippen LogP contribution in [0.15, 0.2) is 60.7 Å². The third-order valence-corrected chi connectivity index (χ3v) is 9.02. The molecule has 1 amide bonds. The molecule has 1 aliphatic heterocycles. The summed E-state index contributed by atoms with van der Waals surface area (Å²) in [4.78, 5) is 29.5. The highest BCUT2D eigenvalue weighted by Gasteiger charge is 2.59. The number of anilines is 2. The second-order valence-corrected chi connectivity index (χ2v) is 11.2. The molecule has 2 aliphatic rings. The van der Waals surface area contributed by atoms with Crippen LogP contribution in [0.3, 0.4) is 0 Å². The SMILES string of the molecule is C=O.CNc1ccc(C=O)cc1.C[C@@]1(c2ccc(Cl)cc2NC=O)C(c2cccc(Cl)c2F)CNC12CCCCC2. The molecule has 3 N–H and O–H groups in total. The molecule has 3 aromatic rings. The standard InChI is InChI=1S/C23H25Cl2FN2O.C8H9NO.CH2O/c1-22(17-9-8-15(24)12-20(17)27-14-29)18(16-6-5-7-19(25)21(16)26)13-28-23(22)10-3-2-4-11-23;1-9-8-4-2-7(6-10)3-5-8;1-2/h5-9,12,14,18,28H,2-4,10-11,13H2,1H3,(H,27,29);2-6,9H,1H3;1H2/t18?,22-;;/m1../s1. The van der Waals surface area contributed by atoms with Crippen LogP contribution >= 0.6 is 23.2 Å². The van der Waals surface area contributed by atoms with Crippen LogP contribution in [0.1, 0.15) is 66.4 Å². The second kappa shape index (κ2) is 14.6. The number of nitrogens with one attached hydrogen (secondary N) is 3. The predicted octanol–water partition coefficient (Wildman–Crippen LogP) is 7.40. The highest BCUT2D eigenvalue weighted by Crippen LogP contribution is 2.57. The van der Waals surface area contributed by atoms with Crippen LogP contribution in [0.4, 0.5) is 15.8 Å². The van der Waals surface area contributed by atoms with Gasteiger partial charge >= 0.3 is 0 Å². The van der Waals surface area contributed by atoms with Gasteiger partial charge in [0.2, 0.25) is 6.41 Å². The quantitative estimate of drug-likeness (QED) is 0.257. The van der Waals surface area contributed by atoms with Crippen molar-refractivity contribution >= 4 is 54.1 Å². The first kappa shape index (κ1) is 32.3. The molecule has 218 valence electrons. The van der Waals surface area contributed by atoms with Crippen LogP contribution in [-0.2, 0) is 15.0 Å². The Morgan fingerprint density at radius 1 is 1.00 bits per heavy atom. The zero-order valence-corrected chi connectivity index (χ0v) is 24.8. The highest BCUT2D eigenvalue weighted by molar-refractivity contribution is 6.31. The third kappa shape index (κ3) is 6.64. The maximum Gasteiger partial charge on any atom is 0.211 e. The Kier molecular flexibility index (Phi) is 11.5. The van der Waals surface area contributed by atoms with Gasteiger partial charge in [0.05, 0.1) is 5.02 Å². The van der Waals surface area contributed by atoms with E-state index in [0.29, 0.717) is 34.8 Å². The van der Waals surface area contributed by atoms with E-state index in [-0.39, 0.29) is 22.3 Å². The lowest BCUT2D eigenvalue weighted by molar-refractivity contribution is -0.105. The number of carbonyl (C=O) groups excluding carboxylic acids is 3. The maximum absolute atomic E-state index is 15.1. The fourth-order valence-electron chi connectivity index (χ4n) is 6.41. The van der Waals surface area contributed by atoms with Gasteiger partial charge in [-0.15, -0.1) is 0 Å². The van der Waals surface area contributed by atoms with Gasteiger partial charge in [-0.05, 0) is 66.4 Å². The van der Waals surface area contributed by atoms with Crippen molar-refractivity contribution in [1.82, 2.24) is 5.32 Å². The van der Waals surface area contributed by atoms with Crippen LogP contribution in [0.5, 0.6) is 0 Å². The summed E-state index contributed by atoms with van der Waals surface area (Å²) in [6.07, 6.45) is 6.96. The number of carbonyl (C=O) groups is 3. The lowest BCUT2D eigenvalue weighted by Gasteiger charge is -2.49. The Morgan fingerprint density at radius 2 is 1.68 bits per heavy atom. The first-order valence-electron chi connectivity index (χ1n) is 13.5. The first-order valence-corrected chi connectivity index (χ1v) is 14.3.